The van der Waals surface area contributed by atoms with Crippen molar-refractivity contribution in [2.24, 2.45) is 5.92 Å². The first kappa shape index (κ1) is 25.6. The molecule has 8 heteroatoms. The number of nitrogens with one attached hydrogen (secondary N) is 2. The van der Waals surface area contributed by atoms with Gasteiger partial charge in [-0.2, -0.15) is 0 Å². The van der Waals surface area contributed by atoms with Gasteiger partial charge >= 0.3 is 11.9 Å². The first-order valence-corrected chi connectivity index (χ1v) is 10.8. The van der Waals surface area contributed by atoms with Gasteiger partial charge in [-0.05, 0) is 42.7 Å². The fraction of sp³-hybridized carbons (Fsp3) is 0.360. The molecule has 2 amide bonds. The van der Waals surface area contributed by atoms with E-state index in [1.54, 1.807) is 24.3 Å². The minimum absolute atomic E-state index is 0.0982. The van der Waals surface area contributed by atoms with Crippen molar-refractivity contribution in [1.82, 2.24) is 5.32 Å². The monoisotopic (exact) mass is 454 g/mol. The number of rotatable bonds is 11. The molecule has 0 bridgehead atoms. The van der Waals surface area contributed by atoms with Gasteiger partial charge in [-0.15, -0.1) is 0 Å². The number of carbonyl (C=O) groups is 4. The number of hydrogen-bond donors (Lipinski definition) is 2. The van der Waals surface area contributed by atoms with E-state index in [-0.39, 0.29) is 30.7 Å². The van der Waals surface area contributed by atoms with E-state index in [9.17, 15) is 19.2 Å². The van der Waals surface area contributed by atoms with E-state index in [4.69, 9.17) is 9.47 Å². The predicted octanol–water partition coefficient (Wildman–Crippen LogP) is 3.64. The van der Waals surface area contributed by atoms with Gasteiger partial charge in [0.2, 0.25) is 5.91 Å². The molecule has 0 fully saturated rings. The Kier molecular flexibility index (Phi) is 10.1. The highest BCUT2D eigenvalue weighted by molar-refractivity contribution is 5.94. The lowest BCUT2D eigenvalue weighted by Gasteiger charge is -2.14. The molecule has 2 aromatic carbocycles. The van der Waals surface area contributed by atoms with Crippen LogP contribution in [0.5, 0.6) is 0 Å². The van der Waals surface area contributed by atoms with Crippen LogP contribution in [0.25, 0.3) is 0 Å². The summed E-state index contributed by atoms with van der Waals surface area (Å²) in [5.41, 5.74) is 1.81. The Labute approximate surface area is 193 Å². The normalized spacial score (nSPS) is 11.4. The van der Waals surface area contributed by atoms with Crippen molar-refractivity contribution in [2.45, 2.75) is 39.7 Å². The number of anilines is 1. The minimum atomic E-state index is -0.643. The second kappa shape index (κ2) is 13.0. The molecule has 33 heavy (non-hydrogen) atoms. The fourth-order valence-electron chi connectivity index (χ4n) is 2.78. The molecule has 2 N–H and O–H groups in total. The third kappa shape index (κ3) is 9.55. The quantitative estimate of drug-likeness (QED) is 0.502. The van der Waals surface area contributed by atoms with E-state index < -0.39 is 24.5 Å². The molecular weight excluding hydrogens is 424 g/mol. The number of hydrogen-bond acceptors (Lipinski definition) is 6. The molecule has 0 aliphatic heterocycles. The highest BCUT2D eigenvalue weighted by Gasteiger charge is 2.14. The van der Waals surface area contributed by atoms with Crippen molar-refractivity contribution < 1.29 is 28.7 Å². The molecule has 0 spiro atoms. The number of esters is 2. The Morgan fingerprint density at radius 2 is 1.48 bits per heavy atom. The minimum Gasteiger partial charge on any atom is -0.462 e. The largest absolute Gasteiger partial charge is 0.462 e. The molecule has 1 atom stereocenters. The molecule has 0 saturated heterocycles. The van der Waals surface area contributed by atoms with Crippen LogP contribution in [0.2, 0.25) is 0 Å². The molecule has 2 rings (SSSR count). The van der Waals surface area contributed by atoms with Crippen molar-refractivity contribution in [2.75, 3.05) is 18.5 Å². The lowest BCUT2D eigenvalue weighted by molar-refractivity contribution is -0.149. The Bertz CT molecular complexity index is 941. The summed E-state index contributed by atoms with van der Waals surface area (Å²) in [4.78, 5) is 47.8. The summed E-state index contributed by atoms with van der Waals surface area (Å²) in [5.74, 6) is -1.63. The number of ether oxygens (including phenoxy) is 2. The molecule has 0 aliphatic carbocycles. The first-order chi connectivity index (χ1) is 15.7. The molecule has 0 aliphatic rings. The molecule has 176 valence electrons. The van der Waals surface area contributed by atoms with E-state index in [1.807, 2.05) is 51.1 Å². The maximum atomic E-state index is 12.1. The molecule has 0 heterocycles. The van der Waals surface area contributed by atoms with Crippen molar-refractivity contribution in [3.05, 3.63) is 65.7 Å². The second-order valence-corrected chi connectivity index (χ2v) is 7.98. The Morgan fingerprint density at radius 1 is 0.818 bits per heavy atom. The number of benzene rings is 2. The molecule has 0 aromatic heterocycles. The van der Waals surface area contributed by atoms with Crippen LogP contribution < -0.4 is 10.6 Å². The lowest BCUT2D eigenvalue weighted by Crippen LogP contribution is -2.31. The van der Waals surface area contributed by atoms with E-state index in [0.29, 0.717) is 17.9 Å². The first-order valence-electron chi connectivity index (χ1n) is 10.8. The van der Waals surface area contributed by atoms with Gasteiger partial charge in [0.15, 0.2) is 6.61 Å². The summed E-state index contributed by atoms with van der Waals surface area (Å²) < 4.78 is 10.1. The van der Waals surface area contributed by atoms with Crippen LogP contribution in [0.4, 0.5) is 5.69 Å². The maximum absolute atomic E-state index is 12.1. The lowest BCUT2D eigenvalue weighted by atomic mass is 10.1. The van der Waals surface area contributed by atoms with Crippen molar-refractivity contribution in [1.29, 1.82) is 0 Å². The summed E-state index contributed by atoms with van der Waals surface area (Å²) >= 11 is 0. The fourth-order valence-corrected chi connectivity index (χ4v) is 2.78. The highest BCUT2D eigenvalue weighted by atomic mass is 16.5. The van der Waals surface area contributed by atoms with Gasteiger partial charge in [-0.25, -0.2) is 4.79 Å². The highest BCUT2D eigenvalue weighted by Crippen LogP contribution is 2.13. The topological polar surface area (TPSA) is 111 Å². The van der Waals surface area contributed by atoms with Crippen LogP contribution in [0.1, 0.15) is 55.6 Å². The second-order valence-electron chi connectivity index (χ2n) is 7.98. The van der Waals surface area contributed by atoms with E-state index in [1.165, 1.54) is 0 Å². The third-order valence-electron chi connectivity index (χ3n) is 4.55. The standard InChI is InChI=1S/C25H30N2O6/c1-17(2)15-33-25(31)20-9-11-21(12-10-20)27-22(28)13-14-24(30)32-16-23(29)26-18(3)19-7-5-4-6-8-19/h4-12,17-18H,13-16H2,1-3H3,(H,26,29)(H,27,28)/t18-/m0/s1. The van der Waals surface area contributed by atoms with Crippen LogP contribution in [0.3, 0.4) is 0 Å². The van der Waals surface area contributed by atoms with Crippen LogP contribution in [0, 0.1) is 5.92 Å². The Balaban J connectivity index is 1.67. The zero-order valence-corrected chi connectivity index (χ0v) is 19.1. The summed E-state index contributed by atoms with van der Waals surface area (Å²) in [6.45, 7) is 5.65. The van der Waals surface area contributed by atoms with Gasteiger partial charge in [-0.1, -0.05) is 44.2 Å². The van der Waals surface area contributed by atoms with Gasteiger partial charge in [0, 0.05) is 12.1 Å². The third-order valence-corrected chi connectivity index (χ3v) is 4.55. The van der Waals surface area contributed by atoms with Gasteiger partial charge < -0.3 is 20.1 Å². The predicted molar refractivity (Wildman–Crippen MR) is 123 cm³/mol. The van der Waals surface area contributed by atoms with E-state index in [0.717, 1.165) is 5.56 Å². The number of amides is 2. The summed E-state index contributed by atoms with van der Waals surface area (Å²) in [6.07, 6.45) is -0.258. The smallest absolute Gasteiger partial charge is 0.338 e. The number of carbonyl (C=O) groups excluding carboxylic acids is 4. The Hall–Kier alpha value is -3.68. The average Bonchev–Trinajstić information content (AvgIpc) is 2.80. The summed E-state index contributed by atoms with van der Waals surface area (Å²) in [6, 6.07) is 15.5. The van der Waals surface area contributed by atoms with Crippen molar-refractivity contribution in [3.63, 3.8) is 0 Å². The molecular formula is C25H30N2O6. The van der Waals surface area contributed by atoms with Crippen molar-refractivity contribution in [3.8, 4) is 0 Å². The zero-order valence-electron chi connectivity index (χ0n) is 19.1. The van der Waals surface area contributed by atoms with Crippen LogP contribution in [0.15, 0.2) is 54.6 Å². The van der Waals surface area contributed by atoms with E-state index in [2.05, 4.69) is 10.6 Å². The molecule has 0 radical (unpaired) electrons. The van der Waals surface area contributed by atoms with E-state index >= 15 is 0 Å². The van der Waals surface area contributed by atoms with Crippen LogP contribution >= 0.6 is 0 Å². The molecule has 2 aromatic rings. The zero-order chi connectivity index (χ0) is 24.2. The van der Waals surface area contributed by atoms with Crippen molar-refractivity contribution >= 4 is 29.4 Å². The Morgan fingerprint density at radius 3 is 2.12 bits per heavy atom. The van der Waals surface area contributed by atoms with Gasteiger partial charge in [-0.3, -0.25) is 14.4 Å². The van der Waals surface area contributed by atoms with Gasteiger partial charge in [0.05, 0.1) is 24.6 Å². The SMILES string of the molecule is CC(C)COC(=O)c1ccc(NC(=O)CCC(=O)OCC(=O)N[C@@H](C)c2ccccc2)cc1. The van der Waals surface area contributed by atoms with Gasteiger partial charge in [0.1, 0.15) is 0 Å². The summed E-state index contributed by atoms with van der Waals surface area (Å²) in [5, 5.41) is 5.39. The average molecular weight is 455 g/mol. The molecule has 0 unspecified atom stereocenters. The molecule has 8 nitrogen and oxygen atoms in total. The van der Waals surface area contributed by atoms with Crippen LogP contribution in [-0.2, 0) is 23.9 Å². The molecule has 0 saturated carbocycles. The maximum Gasteiger partial charge on any atom is 0.338 e. The van der Waals surface area contributed by atoms with Gasteiger partial charge in [0.25, 0.3) is 5.91 Å². The van der Waals surface area contributed by atoms with Crippen LogP contribution in [-0.4, -0.2) is 37.0 Å². The summed E-state index contributed by atoms with van der Waals surface area (Å²) in [7, 11) is 0.